The summed E-state index contributed by atoms with van der Waals surface area (Å²) in [6.07, 6.45) is 3.53. The highest BCUT2D eigenvalue weighted by molar-refractivity contribution is 9.09. The molecule has 0 fully saturated rings. The first-order valence-corrected chi connectivity index (χ1v) is 8.69. The monoisotopic (exact) mass is 337 g/mol. The van der Waals surface area contributed by atoms with Gasteiger partial charge >= 0.3 is 0 Å². The fraction of sp³-hybridized carbons (Fsp3) is 0.438. The van der Waals surface area contributed by atoms with Crippen LogP contribution in [-0.4, -0.2) is 10.3 Å². The molecule has 0 aliphatic carbocycles. The first kappa shape index (κ1) is 14.7. The number of aromatic nitrogens is 1. The van der Waals surface area contributed by atoms with Crippen molar-refractivity contribution in [3.63, 3.8) is 0 Å². The number of alkyl halides is 1. The quantitative estimate of drug-likeness (QED) is 0.680. The highest BCUT2D eigenvalue weighted by Crippen LogP contribution is 2.21. The zero-order valence-corrected chi connectivity index (χ0v) is 13.9. The van der Waals surface area contributed by atoms with Crippen molar-refractivity contribution < 1.29 is 0 Å². The SMILES string of the molecule is Cc1cccc(CC(CBr)CCc2scnc2C)c1. The summed E-state index contributed by atoms with van der Waals surface area (Å²) in [4.78, 5) is 5.76. The van der Waals surface area contributed by atoms with Crippen LogP contribution >= 0.6 is 27.3 Å². The van der Waals surface area contributed by atoms with Gasteiger partial charge in [0.1, 0.15) is 0 Å². The summed E-state index contributed by atoms with van der Waals surface area (Å²) in [6, 6.07) is 8.85. The maximum atomic E-state index is 4.32. The van der Waals surface area contributed by atoms with Crippen LogP contribution in [0.5, 0.6) is 0 Å². The van der Waals surface area contributed by atoms with Crippen molar-refractivity contribution >= 4 is 27.3 Å². The fourth-order valence-corrected chi connectivity index (χ4v) is 3.66. The summed E-state index contributed by atoms with van der Waals surface area (Å²) in [6.45, 7) is 4.27. The van der Waals surface area contributed by atoms with Crippen molar-refractivity contribution in [3.05, 3.63) is 51.5 Å². The standard InChI is InChI=1S/C16H20BrNS/c1-12-4-3-5-14(8-12)9-15(10-17)6-7-16-13(2)18-11-19-16/h3-5,8,11,15H,6-7,9-10H2,1-2H3. The first-order chi connectivity index (χ1) is 9.19. The largest absolute Gasteiger partial charge is 0.250 e. The van der Waals surface area contributed by atoms with E-state index in [0.29, 0.717) is 5.92 Å². The van der Waals surface area contributed by atoms with Crippen molar-refractivity contribution in [3.8, 4) is 0 Å². The molecule has 1 nitrogen and oxygen atoms in total. The van der Waals surface area contributed by atoms with E-state index in [1.165, 1.54) is 28.1 Å². The van der Waals surface area contributed by atoms with E-state index in [4.69, 9.17) is 0 Å². The Morgan fingerprint density at radius 3 is 2.79 bits per heavy atom. The van der Waals surface area contributed by atoms with E-state index in [0.717, 1.165) is 18.2 Å². The lowest BCUT2D eigenvalue weighted by Crippen LogP contribution is -2.08. The van der Waals surface area contributed by atoms with Gasteiger partial charge in [-0.05, 0) is 44.6 Å². The molecule has 0 saturated carbocycles. The van der Waals surface area contributed by atoms with Crippen LogP contribution in [0.2, 0.25) is 0 Å². The predicted octanol–water partition coefficient (Wildman–Crippen LogP) is 4.95. The molecule has 19 heavy (non-hydrogen) atoms. The first-order valence-electron chi connectivity index (χ1n) is 6.69. The summed E-state index contributed by atoms with van der Waals surface area (Å²) in [7, 11) is 0. The van der Waals surface area contributed by atoms with Crippen LogP contribution in [0.3, 0.4) is 0 Å². The van der Waals surface area contributed by atoms with E-state index < -0.39 is 0 Å². The zero-order valence-electron chi connectivity index (χ0n) is 11.5. The molecule has 1 heterocycles. The Hall–Kier alpha value is -0.670. The molecule has 2 rings (SSSR count). The van der Waals surface area contributed by atoms with Gasteiger partial charge < -0.3 is 0 Å². The van der Waals surface area contributed by atoms with Crippen LogP contribution < -0.4 is 0 Å². The Labute approximate surface area is 128 Å². The molecule has 0 aliphatic rings. The normalized spacial score (nSPS) is 12.6. The Morgan fingerprint density at radius 1 is 1.32 bits per heavy atom. The molecule has 0 amide bonds. The van der Waals surface area contributed by atoms with Crippen LogP contribution in [0.25, 0.3) is 0 Å². The van der Waals surface area contributed by atoms with E-state index in [2.05, 4.69) is 59.0 Å². The third-order valence-corrected chi connectivity index (χ3v) is 5.36. The number of nitrogens with zero attached hydrogens (tertiary/aromatic N) is 1. The molecule has 1 atom stereocenters. The number of aryl methyl sites for hydroxylation is 3. The summed E-state index contributed by atoms with van der Waals surface area (Å²) < 4.78 is 0. The molecule has 2 aromatic rings. The van der Waals surface area contributed by atoms with Crippen LogP contribution in [0.15, 0.2) is 29.8 Å². The van der Waals surface area contributed by atoms with Gasteiger partial charge in [0.2, 0.25) is 0 Å². The van der Waals surface area contributed by atoms with Crippen molar-refractivity contribution in [1.29, 1.82) is 0 Å². The second-order valence-corrected chi connectivity index (χ2v) is 6.70. The highest BCUT2D eigenvalue weighted by Gasteiger charge is 2.10. The average Bonchev–Trinajstić information content (AvgIpc) is 2.80. The van der Waals surface area contributed by atoms with E-state index in [-0.39, 0.29) is 0 Å². The molecular formula is C16H20BrNS. The van der Waals surface area contributed by atoms with Crippen LogP contribution in [-0.2, 0) is 12.8 Å². The van der Waals surface area contributed by atoms with Gasteiger partial charge in [0.15, 0.2) is 0 Å². The third kappa shape index (κ3) is 4.43. The zero-order chi connectivity index (χ0) is 13.7. The second-order valence-electron chi connectivity index (χ2n) is 5.11. The molecule has 1 aromatic carbocycles. The molecule has 0 radical (unpaired) electrons. The Kier molecular flexibility index (Phi) is 5.59. The van der Waals surface area contributed by atoms with E-state index in [1.54, 1.807) is 11.3 Å². The van der Waals surface area contributed by atoms with Crippen molar-refractivity contribution in [2.45, 2.75) is 33.1 Å². The molecule has 1 aromatic heterocycles. The van der Waals surface area contributed by atoms with Gasteiger partial charge in [-0.25, -0.2) is 4.98 Å². The molecule has 0 bridgehead atoms. The lowest BCUT2D eigenvalue weighted by atomic mass is 9.95. The number of halogens is 1. The molecule has 1 unspecified atom stereocenters. The molecule has 0 saturated heterocycles. The van der Waals surface area contributed by atoms with E-state index in [9.17, 15) is 0 Å². The number of hydrogen-bond donors (Lipinski definition) is 0. The van der Waals surface area contributed by atoms with E-state index >= 15 is 0 Å². The van der Waals surface area contributed by atoms with Gasteiger partial charge in [0.05, 0.1) is 11.2 Å². The predicted molar refractivity (Wildman–Crippen MR) is 87.3 cm³/mol. The lowest BCUT2D eigenvalue weighted by Gasteiger charge is -2.14. The van der Waals surface area contributed by atoms with E-state index in [1.807, 2.05) is 5.51 Å². The lowest BCUT2D eigenvalue weighted by molar-refractivity contribution is 0.544. The van der Waals surface area contributed by atoms with Crippen molar-refractivity contribution in [1.82, 2.24) is 4.98 Å². The summed E-state index contributed by atoms with van der Waals surface area (Å²) in [5.41, 5.74) is 5.96. The summed E-state index contributed by atoms with van der Waals surface area (Å²) >= 11 is 5.45. The number of hydrogen-bond acceptors (Lipinski definition) is 2. The van der Waals surface area contributed by atoms with Crippen LogP contribution in [0, 0.1) is 19.8 Å². The number of thiazole rings is 1. The minimum absolute atomic E-state index is 0.697. The van der Waals surface area contributed by atoms with Crippen LogP contribution in [0.4, 0.5) is 0 Å². The van der Waals surface area contributed by atoms with Gasteiger partial charge in [0.25, 0.3) is 0 Å². The Morgan fingerprint density at radius 2 is 2.16 bits per heavy atom. The number of benzene rings is 1. The molecule has 0 aliphatic heterocycles. The Balaban J connectivity index is 1.92. The summed E-state index contributed by atoms with van der Waals surface area (Å²) in [5.74, 6) is 0.697. The topological polar surface area (TPSA) is 12.9 Å². The minimum atomic E-state index is 0.697. The molecule has 0 spiro atoms. The van der Waals surface area contributed by atoms with Crippen molar-refractivity contribution in [2.24, 2.45) is 5.92 Å². The molecule has 3 heteroatoms. The van der Waals surface area contributed by atoms with Gasteiger partial charge in [-0.2, -0.15) is 0 Å². The maximum Gasteiger partial charge on any atom is 0.0797 e. The van der Waals surface area contributed by atoms with Crippen LogP contribution in [0.1, 0.15) is 28.1 Å². The van der Waals surface area contributed by atoms with Gasteiger partial charge in [-0.3, -0.25) is 0 Å². The van der Waals surface area contributed by atoms with Gasteiger partial charge in [0, 0.05) is 10.2 Å². The molecule has 102 valence electrons. The van der Waals surface area contributed by atoms with Crippen molar-refractivity contribution in [2.75, 3.05) is 5.33 Å². The average molecular weight is 338 g/mol. The molecular weight excluding hydrogens is 318 g/mol. The number of rotatable bonds is 6. The smallest absolute Gasteiger partial charge is 0.0797 e. The third-order valence-electron chi connectivity index (χ3n) is 3.45. The fourth-order valence-electron chi connectivity index (χ4n) is 2.31. The highest BCUT2D eigenvalue weighted by atomic mass is 79.9. The maximum absolute atomic E-state index is 4.32. The van der Waals surface area contributed by atoms with Gasteiger partial charge in [-0.15, -0.1) is 11.3 Å². The Bertz CT molecular complexity index is 521. The second kappa shape index (κ2) is 7.20. The summed E-state index contributed by atoms with van der Waals surface area (Å²) in [5, 5.41) is 1.07. The minimum Gasteiger partial charge on any atom is -0.250 e. The molecule has 0 N–H and O–H groups in total. The van der Waals surface area contributed by atoms with Gasteiger partial charge in [-0.1, -0.05) is 45.8 Å².